The molecule has 0 unspecified atom stereocenters. The van der Waals surface area contributed by atoms with Crippen molar-refractivity contribution in [1.82, 2.24) is 0 Å². The van der Waals surface area contributed by atoms with Gasteiger partial charge in [0.25, 0.3) is 0 Å². The lowest BCUT2D eigenvalue weighted by Gasteiger charge is -2.30. The van der Waals surface area contributed by atoms with Crippen LogP contribution in [-0.4, -0.2) is 19.8 Å². The molecule has 0 fully saturated rings. The van der Waals surface area contributed by atoms with Crippen LogP contribution >= 0.6 is 24.4 Å². The summed E-state index contributed by atoms with van der Waals surface area (Å²) in [7, 11) is 4.08. The normalized spacial score (nSPS) is 16.1. The van der Waals surface area contributed by atoms with E-state index in [1.54, 1.807) is 0 Å². The number of benzene rings is 2. The molecule has 184 valence electrons. The highest BCUT2D eigenvalue weighted by Gasteiger charge is 2.24. The molecule has 0 aromatic heterocycles. The van der Waals surface area contributed by atoms with Crippen LogP contribution in [0.3, 0.4) is 0 Å². The Morgan fingerprint density at radius 2 is 1.74 bits per heavy atom. The Morgan fingerprint density at radius 3 is 2.41 bits per heavy atom. The van der Waals surface area contributed by atoms with Crippen LogP contribution in [-0.2, 0) is 0 Å². The molecule has 0 spiro atoms. The maximum atomic E-state index is 4.65. The van der Waals surface area contributed by atoms with Crippen LogP contribution in [0.5, 0.6) is 0 Å². The molecule has 0 atom stereocenters. The molecule has 0 saturated carbocycles. The fourth-order valence-corrected chi connectivity index (χ4v) is 5.67. The first-order valence-corrected chi connectivity index (χ1v) is 13.6. The van der Waals surface area contributed by atoms with E-state index >= 15 is 0 Å². The zero-order valence-electron chi connectivity index (χ0n) is 22.2. The zero-order valence-corrected chi connectivity index (χ0v) is 23.9. The van der Waals surface area contributed by atoms with Crippen LogP contribution in [0.1, 0.15) is 51.7 Å². The minimum Gasteiger partial charge on any atom is -0.387 e. The average molecular weight is 495 g/mol. The second-order valence-electron chi connectivity index (χ2n) is 9.50. The van der Waals surface area contributed by atoms with E-state index in [1.807, 2.05) is 32.7 Å². The van der Waals surface area contributed by atoms with Gasteiger partial charge in [0.1, 0.15) is 0 Å². The average Bonchev–Trinajstić information content (AvgIpc) is 2.78. The summed E-state index contributed by atoms with van der Waals surface area (Å²) in [5, 5.41) is 3.31. The second-order valence-corrected chi connectivity index (χ2v) is 11.0. The Kier molecular flexibility index (Phi) is 10.9. The van der Waals surface area contributed by atoms with Crippen molar-refractivity contribution >= 4 is 35.8 Å². The van der Waals surface area contributed by atoms with Crippen LogP contribution in [0.4, 0.5) is 11.4 Å². The van der Waals surface area contributed by atoms with Gasteiger partial charge in [-0.05, 0) is 79.1 Å². The van der Waals surface area contributed by atoms with Gasteiger partial charge < -0.3 is 10.2 Å². The van der Waals surface area contributed by atoms with Crippen molar-refractivity contribution in [2.24, 2.45) is 5.41 Å². The number of hydrogen-bond donors (Lipinski definition) is 2. The van der Waals surface area contributed by atoms with Crippen LogP contribution in [0, 0.1) is 19.3 Å². The van der Waals surface area contributed by atoms with E-state index in [-0.39, 0.29) is 5.41 Å². The second kappa shape index (κ2) is 13.2. The Hall–Kier alpha value is -2.04. The van der Waals surface area contributed by atoms with Crippen molar-refractivity contribution in [1.29, 1.82) is 0 Å². The van der Waals surface area contributed by atoms with Gasteiger partial charge in [-0.2, -0.15) is 0 Å². The van der Waals surface area contributed by atoms with Gasteiger partial charge in [-0.1, -0.05) is 57.6 Å². The molecular formula is C30H42N2S2. The number of nitrogens with zero attached hydrogens (tertiary/aromatic N) is 1. The van der Waals surface area contributed by atoms with E-state index in [9.17, 15) is 0 Å². The van der Waals surface area contributed by atoms with Crippen LogP contribution in [0.25, 0.3) is 0 Å². The molecule has 0 saturated heterocycles. The third kappa shape index (κ3) is 8.32. The summed E-state index contributed by atoms with van der Waals surface area (Å²) < 4.78 is 0. The fourth-order valence-electron chi connectivity index (χ4n) is 4.16. The first-order valence-electron chi connectivity index (χ1n) is 12.2. The van der Waals surface area contributed by atoms with Gasteiger partial charge in [0, 0.05) is 41.5 Å². The predicted molar refractivity (Wildman–Crippen MR) is 158 cm³/mol. The molecule has 0 radical (unpaired) electrons. The number of hydrogen-bond acceptors (Lipinski definition) is 4. The number of allylic oxidation sites excluding steroid dienone is 4. The van der Waals surface area contributed by atoms with Crippen molar-refractivity contribution < 1.29 is 0 Å². The zero-order chi connectivity index (χ0) is 25.3. The molecule has 2 aromatic rings. The van der Waals surface area contributed by atoms with Gasteiger partial charge in [-0.3, -0.25) is 0 Å². The molecule has 0 heterocycles. The summed E-state index contributed by atoms with van der Waals surface area (Å²) in [6.45, 7) is 13.0. The standard InChI is InChI=1S/C28H36N2S2.C2H6/c1-20-8-10-25(26(31)15-20)30(6)13-11-22-17-23(19-28(3,4)18-22)12-14-32-27-16-21(2)7-9-24(27)29-5;1-2/h7-13,15-17,29,31H,14,18-19H2,1-6H3;1-2H3. The van der Waals surface area contributed by atoms with E-state index in [1.165, 1.54) is 32.9 Å². The van der Waals surface area contributed by atoms with Crippen molar-refractivity contribution in [3.8, 4) is 0 Å². The topological polar surface area (TPSA) is 15.3 Å². The SMILES string of the molecule is CC.CNc1ccc(C)cc1SCC=C1C=C(C=CN(C)c2ccc(C)cc2S)CC(C)(C)C1. The molecule has 0 aliphatic heterocycles. The number of anilines is 2. The Morgan fingerprint density at radius 1 is 1.06 bits per heavy atom. The van der Waals surface area contributed by atoms with Crippen LogP contribution in [0.2, 0.25) is 0 Å². The molecule has 0 bridgehead atoms. The lowest BCUT2D eigenvalue weighted by atomic mass is 9.75. The molecule has 2 aromatic carbocycles. The highest BCUT2D eigenvalue weighted by molar-refractivity contribution is 7.99. The van der Waals surface area contributed by atoms with Crippen molar-refractivity contribution in [3.05, 3.63) is 83.1 Å². The van der Waals surface area contributed by atoms with Crippen LogP contribution < -0.4 is 10.2 Å². The van der Waals surface area contributed by atoms with Gasteiger partial charge in [0.15, 0.2) is 0 Å². The summed E-state index contributed by atoms with van der Waals surface area (Å²) in [6.07, 6.45) is 11.4. The largest absolute Gasteiger partial charge is 0.387 e. The highest BCUT2D eigenvalue weighted by Crippen LogP contribution is 2.39. The van der Waals surface area contributed by atoms with E-state index in [0.717, 1.165) is 29.2 Å². The van der Waals surface area contributed by atoms with E-state index in [0.29, 0.717) is 0 Å². The molecule has 3 rings (SSSR count). The monoisotopic (exact) mass is 494 g/mol. The van der Waals surface area contributed by atoms with E-state index in [2.05, 4.69) is 118 Å². The molecule has 4 heteroatoms. The maximum absolute atomic E-state index is 4.65. The van der Waals surface area contributed by atoms with Gasteiger partial charge >= 0.3 is 0 Å². The molecule has 1 aliphatic carbocycles. The lowest BCUT2D eigenvalue weighted by molar-refractivity contribution is 0.355. The first-order chi connectivity index (χ1) is 16.2. The van der Waals surface area contributed by atoms with Crippen LogP contribution in [0.15, 0.2) is 81.8 Å². The molecule has 34 heavy (non-hydrogen) atoms. The Labute approximate surface area is 218 Å². The molecule has 2 nitrogen and oxygen atoms in total. The molecule has 0 amide bonds. The van der Waals surface area contributed by atoms with Crippen molar-refractivity contribution in [2.45, 2.75) is 64.2 Å². The summed E-state index contributed by atoms with van der Waals surface area (Å²) in [6, 6.07) is 13.0. The summed E-state index contributed by atoms with van der Waals surface area (Å²) >= 11 is 6.55. The van der Waals surface area contributed by atoms with Gasteiger partial charge in [-0.15, -0.1) is 24.4 Å². The fraction of sp³-hybridized carbons (Fsp3) is 0.400. The Bertz CT molecular complexity index is 1050. The maximum Gasteiger partial charge on any atom is 0.0539 e. The first kappa shape index (κ1) is 28.2. The third-order valence-corrected chi connectivity index (χ3v) is 7.09. The number of aryl methyl sites for hydroxylation is 2. The minimum atomic E-state index is 0.265. The predicted octanol–water partition coefficient (Wildman–Crippen LogP) is 9.08. The van der Waals surface area contributed by atoms with E-state index in [4.69, 9.17) is 0 Å². The van der Waals surface area contributed by atoms with Gasteiger partial charge in [0.2, 0.25) is 0 Å². The summed E-state index contributed by atoms with van der Waals surface area (Å²) in [5.41, 5.74) is 7.92. The van der Waals surface area contributed by atoms with E-state index < -0.39 is 0 Å². The lowest BCUT2D eigenvalue weighted by Crippen LogP contribution is -2.17. The Balaban J connectivity index is 0.00000199. The summed E-state index contributed by atoms with van der Waals surface area (Å²) in [4.78, 5) is 4.47. The van der Waals surface area contributed by atoms with Crippen molar-refractivity contribution in [3.63, 3.8) is 0 Å². The van der Waals surface area contributed by atoms with Gasteiger partial charge in [0.05, 0.1) is 5.69 Å². The van der Waals surface area contributed by atoms with Gasteiger partial charge in [-0.25, -0.2) is 0 Å². The highest BCUT2D eigenvalue weighted by atomic mass is 32.2. The number of thioether (sulfide) groups is 1. The number of rotatable bonds is 7. The number of nitrogens with one attached hydrogen (secondary N) is 1. The molecule has 1 aliphatic rings. The van der Waals surface area contributed by atoms with Crippen molar-refractivity contribution in [2.75, 3.05) is 30.1 Å². The number of thiol groups is 1. The molecular weight excluding hydrogens is 452 g/mol. The third-order valence-electron chi connectivity index (χ3n) is 5.75. The summed E-state index contributed by atoms with van der Waals surface area (Å²) in [5.74, 6) is 0.976. The smallest absolute Gasteiger partial charge is 0.0539 e. The minimum absolute atomic E-state index is 0.265. The quantitative estimate of drug-likeness (QED) is 0.295. The molecule has 1 N–H and O–H groups in total.